The van der Waals surface area contributed by atoms with Crippen LogP contribution in [-0.2, 0) is 6.61 Å². The highest BCUT2D eigenvalue weighted by atomic mass is 35.5. The molecule has 0 radical (unpaired) electrons. The molecule has 1 aromatic carbocycles. The molecule has 0 unspecified atom stereocenters. The number of pyridine rings is 1. The van der Waals surface area contributed by atoms with Crippen LogP contribution in [-0.4, -0.2) is 21.7 Å². The number of hydrogen-bond donors (Lipinski definition) is 0. The Bertz CT molecular complexity index is 742. The van der Waals surface area contributed by atoms with Gasteiger partial charge in [-0.1, -0.05) is 23.7 Å². The minimum atomic E-state index is 0.269. The molecule has 0 N–H and O–H groups in total. The van der Waals surface area contributed by atoms with Crippen molar-refractivity contribution in [3.05, 3.63) is 53.4 Å². The first kappa shape index (κ1) is 12.7. The van der Waals surface area contributed by atoms with Crippen molar-refractivity contribution in [2.45, 2.75) is 6.61 Å². The number of hydrogen-bond acceptors (Lipinski definition) is 4. The fourth-order valence-corrected chi connectivity index (χ4v) is 2.01. The highest BCUT2D eigenvalue weighted by Crippen LogP contribution is 2.19. The first-order valence-electron chi connectivity index (χ1n) is 6.03. The van der Waals surface area contributed by atoms with Gasteiger partial charge in [0.2, 0.25) is 0 Å². The number of ether oxygens (including phenoxy) is 2. The van der Waals surface area contributed by atoms with Crippen molar-refractivity contribution in [1.29, 1.82) is 0 Å². The van der Waals surface area contributed by atoms with Gasteiger partial charge in [0.1, 0.15) is 23.3 Å². The number of rotatable bonds is 4. The lowest BCUT2D eigenvalue weighted by Crippen LogP contribution is -1.98. The number of benzene rings is 1. The van der Waals surface area contributed by atoms with E-state index >= 15 is 0 Å². The second-order valence-electron chi connectivity index (χ2n) is 4.11. The summed E-state index contributed by atoms with van der Waals surface area (Å²) < 4.78 is 12.4. The van der Waals surface area contributed by atoms with E-state index in [1.54, 1.807) is 17.7 Å². The maximum atomic E-state index is 6.03. The molecule has 3 aromatic rings. The van der Waals surface area contributed by atoms with E-state index in [4.69, 9.17) is 21.1 Å². The molecule has 0 saturated heterocycles. The van der Waals surface area contributed by atoms with Crippen LogP contribution in [0.3, 0.4) is 0 Å². The van der Waals surface area contributed by atoms with Gasteiger partial charge in [0, 0.05) is 6.07 Å². The first-order valence-corrected chi connectivity index (χ1v) is 6.41. The van der Waals surface area contributed by atoms with Crippen LogP contribution >= 0.6 is 11.6 Å². The molecule has 0 amide bonds. The second kappa shape index (κ2) is 5.38. The van der Waals surface area contributed by atoms with Crippen LogP contribution in [0.15, 0.2) is 42.5 Å². The molecule has 2 heterocycles. The van der Waals surface area contributed by atoms with Crippen LogP contribution in [0.25, 0.3) is 5.65 Å². The van der Waals surface area contributed by atoms with Crippen LogP contribution in [0.5, 0.6) is 11.5 Å². The molecule has 2 aromatic heterocycles. The average molecular weight is 290 g/mol. The van der Waals surface area contributed by atoms with E-state index in [9.17, 15) is 0 Å². The monoisotopic (exact) mass is 289 g/mol. The molecule has 0 bridgehead atoms. The van der Waals surface area contributed by atoms with Crippen LogP contribution in [0, 0.1) is 0 Å². The smallest absolute Gasteiger partial charge is 0.189 e. The zero-order valence-electron chi connectivity index (χ0n) is 10.8. The van der Waals surface area contributed by atoms with Crippen molar-refractivity contribution < 1.29 is 9.47 Å². The third-order valence-corrected chi connectivity index (χ3v) is 3.05. The Morgan fingerprint density at radius 1 is 1.15 bits per heavy atom. The van der Waals surface area contributed by atoms with Gasteiger partial charge in [0.15, 0.2) is 11.5 Å². The number of halogens is 1. The number of aromatic nitrogens is 3. The summed E-state index contributed by atoms with van der Waals surface area (Å²) in [5.74, 6) is 2.02. The third kappa shape index (κ3) is 2.53. The topological polar surface area (TPSA) is 48.7 Å². The Kier molecular flexibility index (Phi) is 3.43. The minimum Gasteiger partial charge on any atom is -0.497 e. The molecule has 20 heavy (non-hydrogen) atoms. The maximum absolute atomic E-state index is 6.03. The van der Waals surface area contributed by atoms with Crippen molar-refractivity contribution in [1.82, 2.24) is 14.6 Å². The van der Waals surface area contributed by atoms with Crippen molar-refractivity contribution in [2.24, 2.45) is 0 Å². The zero-order chi connectivity index (χ0) is 13.9. The molecule has 0 aliphatic heterocycles. The van der Waals surface area contributed by atoms with Gasteiger partial charge in [0.05, 0.1) is 7.11 Å². The van der Waals surface area contributed by atoms with Crippen LogP contribution in [0.2, 0.25) is 5.15 Å². The van der Waals surface area contributed by atoms with E-state index in [0.29, 0.717) is 22.4 Å². The fraction of sp³-hybridized carbons (Fsp3) is 0.143. The summed E-state index contributed by atoms with van der Waals surface area (Å²) in [6.45, 7) is 0.269. The van der Waals surface area contributed by atoms with Crippen molar-refractivity contribution in [3.8, 4) is 11.5 Å². The van der Waals surface area contributed by atoms with Crippen molar-refractivity contribution in [3.63, 3.8) is 0 Å². The SMILES string of the molecule is COc1cccc(OCc2nc3cccc(Cl)n3n2)c1. The third-order valence-electron chi connectivity index (χ3n) is 2.77. The van der Waals surface area contributed by atoms with Crippen LogP contribution in [0.4, 0.5) is 0 Å². The highest BCUT2D eigenvalue weighted by molar-refractivity contribution is 6.29. The van der Waals surface area contributed by atoms with Gasteiger partial charge in [-0.15, -0.1) is 5.10 Å². The summed E-state index contributed by atoms with van der Waals surface area (Å²) in [5.41, 5.74) is 0.696. The van der Waals surface area contributed by atoms with Gasteiger partial charge in [-0.05, 0) is 24.3 Å². The molecule has 0 fully saturated rings. The first-order chi connectivity index (χ1) is 9.76. The van der Waals surface area contributed by atoms with E-state index in [0.717, 1.165) is 5.75 Å². The summed E-state index contributed by atoms with van der Waals surface area (Å²) >= 11 is 6.03. The Morgan fingerprint density at radius 3 is 2.75 bits per heavy atom. The molecule has 0 saturated carbocycles. The van der Waals surface area contributed by atoms with Gasteiger partial charge in [-0.3, -0.25) is 0 Å². The number of nitrogens with zero attached hydrogens (tertiary/aromatic N) is 3. The van der Waals surface area contributed by atoms with Crippen molar-refractivity contribution in [2.75, 3.05) is 7.11 Å². The molecule has 3 rings (SSSR count). The number of methoxy groups -OCH3 is 1. The molecule has 0 aliphatic rings. The lowest BCUT2D eigenvalue weighted by molar-refractivity contribution is 0.294. The Hall–Kier alpha value is -2.27. The Morgan fingerprint density at radius 2 is 1.95 bits per heavy atom. The molecule has 0 atom stereocenters. The lowest BCUT2D eigenvalue weighted by atomic mass is 10.3. The standard InChI is InChI=1S/C14H12ClN3O2/c1-19-10-4-2-5-11(8-10)20-9-13-16-14-7-3-6-12(15)18(14)17-13/h2-8H,9H2,1H3. The van der Waals surface area contributed by atoms with E-state index < -0.39 is 0 Å². The fourth-order valence-electron chi connectivity index (χ4n) is 1.82. The second-order valence-corrected chi connectivity index (χ2v) is 4.50. The summed E-state index contributed by atoms with van der Waals surface area (Å²) in [5, 5.41) is 4.80. The predicted octanol–water partition coefficient (Wildman–Crippen LogP) is 2.97. The summed E-state index contributed by atoms with van der Waals surface area (Å²) in [6, 6.07) is 12.8. The maximum Gasteiger partial charge on any atom is 0.189 e. The molecule has 102 valence electrons. The van der Waals surface area contributed by atoms with Gasteiger partial charge < -0.3 is 9.47 Å². The van der Waals surface area contributed by atoms with Crippen LogP contribution < -0.4 is 9.47 Å². The molecular formula is C14H12ClN3O2. The summed E-state index contributed by atoms with van der Waals surface area (Å²) in [4.78, 5) is 4.34. The van der Waals surface area contributed by atoms with Gasteiger partial charge >= 0.3 is 0 Å². The van der Waals surface area contributed by atoms with Gasteiger partial charge in [-0.2, -0.15) is 0 Å². The van der Waals surface area contributed by atoms with E-state index in [-0.39, 0.29) is 6.61 Å². The van der Waals surface area contributed by atoms with Gasteiger partial charge in [-0.25, -0.2) is 9.50 Å². The lowest BCUT2D eigenvalue weighted by Gasteiger charge is -2.05. The zero-order valence-corrected chi connectivity index (χ0v) is 11.5. The molecule has 5 nitrogen and oxygen atoms in total. The van der Waals surface area contributed by atoms with E-state index in [2.05, 4.69) is 10.1 Å². The quantitative estimate of drug-likeness (QED) is 0.693. The molecular weight excluding hydrogens is 278 g/mol. The minimum absolute atomic E-state index is 0.269. The normalized spacial score (nSPS) is 10.7. The molecule has 0 aliphatic carbocycles. The van der Waals surface area contributed by atoms with E-state index in [1.165, 1.54) is 0 Å². The average Bonchev–Trinajstić information content (AvgIpc) is 2.90. The van der Waals surface area contributed by atoms with Crippen LogP contribution in [0.1, 0.15) is 5.82 Å². The van der Waals surface area contributed by atoms with Crippen molar-refractivity contribution >= 4 is 17.2 Å². The molecule has 0 spiro atoms. The summed E-state index contributed by atoms with van der Waals surface area (Å²) in [7, 11) is 1.62. The molecule has 6 heteroatoms. The largest absolute Gasteiger partial charge is 0.497 e. The Balaban J connectivity index is 1.78. The van der Waals surface area contributed by atoms with E-state index in [1.807, 2.05) is 36.4 Å². The van der Waals surface area contributed by atoms with Gasteiger partial charge in [0.25, 0.3) is 0 Å². The predicted molar refractivity (Wildman–Crippen MR) is 75.3 cm³/mol. The number of fused-ring (bicyclic) bond motifs is 1. The highest BCUT2D eigenvalue weighted by Gasteiger charge is 2.06. The summed E-state index contributed by atoms with van der Waals surface area (Å²) in [6.07, 6.45) is 0. The Labute approximate surface area is 120 Å².